The van der Waals surface area contributed by atoms with E-state index in [1.165, 1.54) is 25.7 Å². The summed E-state index contributed by atoms with van der Waals surface area (Å²) in [4.78, 5) is 4.72. The van der Waals surface area contributed by atoms with Gasteiger partial charge in [-0.25, -0.2) is 8.42 Å². The maximum Gasteiger partial charge on any atom is 0.191 e. The molecule has 0 aromatic heterocycles. The third kappa shape index (κ3) is 8.01. The largest absolute Gasteiger partial charge is 0.354 e. The van der Waals surface area contributed by atoms with Crippen molar-refractivity contribution in [1.29, 1.82) is 0 Å². The zero-order valence-electron chi connectivity index (χ0n) is 16.2. The zero-order valence-corrected chi connectivity index (χ0v) is 19.3. The van der Waals surface area contributed by atoms with Gasteiger partial charge in [-0.15, -0.1) is 24.0 Å². The van der Waals surface area contributed by atoms with E-state index in [1.807, 2.05) is 0 Å². The van der Waals surface area contributed by atoms with Crippen LogP contribution in [0.3, 0.4) is 0 Å². The van der Waals surface area contributed by atoms with E-state index in [-0.39, 0.29) is 29.9 Å². The molecule has 1 aliphatic heterocycles. The standard InChI is InChI=1S/C18H35N3O2S.HI/c1-5-14(2)20-17(19-12-15-8-11-24(22,23)13-15)21-16-6-9-18(3,4)10-7-16;/h14-16H,5-13H2,1-4H3,(H2,19,20,21);1H. The minimum absolute atomic E-state index is 0. The van der Waals surface area contributed by atoms with Gasteiger partial charge in [0.1, 0.15) is 0 Å². The third-order valence-corrected chi connectivity index (χ3v) is 7.35. The first kappa shape index (κ1) is 23.0. The van der Waals surface area contributed by atoms with E-state index in [1.54, 1.807) is 0 Å². The van der Waals surface area contributed by atoms with E-state index in [4.69, 9.17) is 4.99 Å². The molecule has 0 aromatic rings. The molecule has 1 aliphatic carbocycles. The summed E-state index contributed by atoms with van der Waals surface area (Å²) in [6.07, 6.45) is 6.61. The number of rotatable bonds is 5. The Balaban J connectivity index is 0.00000312. The monoisotopic (exact) mass is 485 g/mol. The summed E-state index contributed by atoms with van der Waals surface area (Å²) < 4.78 is 23.2. The maximum absolute atomic E-state index is 11.6. The fourth-order valence-corrected chi connectivity index (χ4v) is 5.29. The molecule has 0 radical (unpaired) electrons. The Kier molecular flexibility index (Phi) is 8.98. The van der Waals surface area contributed by atoms with E-state index in [0.29, 0.717) is 35.5 Å². The Morgan fingerprint density at radius 2 is 1.88 bits per heavy atom. The fraction of sp³-hybridized carbons (Fsp3) is 0.944. The molecular formula is C18H36IN3O2S. The van der Waals surface area contributed by atoms with Crippen LogP contribution < -0.4 is 10.6 Å². The summed E-state index contributed by atoms with van der Waals surface area (Å²) in [5, 5.41) is 7.06. The molecule has 0 bridgehead atoms. The number of guanidine groups is 1. The fourth-order valence-electron chi connectivity index (χ4n) is 3.44. The van der Waals surface area contributed by atoms with Crippen LogP contribution in [0.1, 0.15) is 66.2 Å². The van der Waals surface area contributed by atoms with Crippen LogP contribution in [-0.2, 0) is 9.84 Å². The van der Waals surface area contributed by atoms with Crippen LogP contribution in [0.2, 0.25) is 0 Å². The highest BCUT2D eigenvalue weighted by molar-refractivity contribution is 14.0. The normalized spacial score (nSPS) is 27.4. The van der Waals surface area contributed by atoms with Gasteiger partial charge in [-0.1, -0.05) is 20.8 Å². The van der Waals surface area contributed by atoms with Crippen LogP contribution in [0.15, 0.2) is 4.99 Å². The number of halogens is 1. The lowest BCUT2D eigenvalue weighted by atomic mass is 9.75. The lowest BCUT2D eigenvalue weighted by molar-refractivity contribution is 0.216. The molecule has 7 heteroatoms. The molecule has 2 atom stereocenters. The minimum atomic E-state index is -2.82. The topological polar surface area (TPSA) is 70.6 Å². The summed E-state index contributed by atoms with van der Waals surface area (Å²) >= 11 is 0. The molecule has 2 N–H and O–H groups in total. The van der Waals surface area contributed by atoms with Crippen molar-refractivity contribution in [2.45, 2.75) is 78.3 Å². The molecule has 5 nitrogen and oxygen atoms in total. The van der Waals surface area contributed by atoms with Crippen molar-refractivity contribution in [2.24, 2.45) is 16.3 Å². The number of sulfone groups is 1. The Hall–Kier alpha value is -0.0500. The molecule has 1 heterocycles. The Morgan fingerprint density at radius 3 is 2.40 bits per heavy atom. The highest BCUT2D eigenvalue weighted by Gasteiger charge is 2.29. The average molecular weight is 485 g/mol. The van der Waals surface area contributed by atoms with Crippen molar-refractivity contribution in [3.63, 3.8) is 0 Å². The second-order valence-electron chi connectivity index (χ2n) is 8.49. The number of hydrogen-bond donors (Lipinski definition) is 2. The molecule has 0 aromatic carbocycles. The van der Waals surface area contributed by atoms with E-state index in [0.717, 1.165) is 18.8 Å². The van der Waals surface area contributed by atoms with Crippen LogP contribution in [0.5, 0.6) is 0 Å². The molecule has 148 valence electrons. The second kappa shape index (κ2) is 9.76. The summed E-state index contributed by atoms with van der Waals surface area (Å²) in [6.45, 7) is 9.60. The quantitative estimate of drug-likeness (QED) is 0.356. The highest BCUT2D eigenvalue weighted by Crippen LogP contribution is 2.34. The number of nitrogens with zero attached hydrogens (tertiary/aromatic N) is 1. The number of hydrogen-bond acceptors (Lipinski definition) is 3. The van der Waals surface area contributed by atoms with Gasteiger partial charge in [0.15, 0.2) is 15.8 Å². The van der Waals surface area contributed by atoms with Crippen LogP contribution in [0.25, 0.3) is 0 Å². The molecule has 0 spiro atoms. The van der Waals surface area contributed by atoms with Gasteiger partial charge < -0.3 is 10.6 Å². The maximum atomic E-state index is 11.6. The van der Waals surface area contributed by atoms with Crippen molar-refractivity contribution in [3.8, 4) is 0 Å². The van der Waals surface area contributed by atoms with Gasteiger partial charge in [-0.2, -0.15) is 0 Å². The van der Waals surface area contributed by atoms with Gasteiger partial charge >= 0.3 is 0 Å². The van der Waals surface area contributed by atoms with Gasteiger partial charge in [-0.05, 0) is 56.8 Å². The van der Waals surface area contributed by atoms with Gasteiger partial charge in [0, 0.05) is 18.6 Å². The van der Waals surface area contributed by atoms with Crippen LogP contribution >= 0.6 is 24.0 Å². The number of aliphatic imine (C=N–C) groups is 1. The number of nitrogens with one attached hydrogen (secondary N) is 2. The van der Waals surface area contributed by atoms with Crippen LogP contribution in [0, 0.1) is 11.3 Å². The van der Waals surface area contributed by atoms with Gasteiger partial charge in [0.2, 0.25) is 0 Å². The van der Waals surface area contributed by atoms with E-state index >= 15 is 0 Å². The summed E-state index contributed by atoms with van der Waals surface area (Å²) in [5.41, 5.74) is 0.456. The predicted molar refractivity (Wildman–Crippen MR) is 117 cm³/mol. The average Bonchev–Trinajstić information content (AvgIpc) is 2.86. The van der Waals surface area contributed by atoms with Crippen molar-refractivity contribution in [3.05, 3.63) is 0 Å². The Labute approximate surface area is 171 Å². The molecule has 2 aliphatic rings. The van der Waals surface area contributed by atoms with Crippen LogP contribution in [0.4, 0.5) is 0 Å². The second-order valence-corrected chi connectivity index (χ2v) is 10.7. The van der Waals surface area contributed by atoms with Crippen molar-refractivity contribution in [2.75, 3.05) is 18.1 Å². The smallest absolute Gasteiger partial charge is 0.191 e. The van der Waals surface area contributed by atoms with Crippen LogP contribution in [-0.4, -0.2) is 44.5 Å². The first-order valence-electron chi connectivity index (χ1n) is 9.47. The van der Waals surface area contributed by atoms with Crippen molar-refractivity contribution < 1.29 is 8.42 Å². The lowest BCUT2D eigenvalue weighted by Gasteiger charge is -2.35. The van der Waals surface area contributed by atoms with E-state index in [9.17, 15) is 8.42 Å². The summed E-state index contributed by atoms with van der Waals surface area (Å²) in [7, 11) is -2.82. The molecule has 2 fully saturated rings. The molecule has 1 saturated heterocycles. The first-order chi connectivity index (χ1) is 11.2. The molecule has 0 amide bonds. The highest BCUT2D eigenvalue weighted by atomic mass is 127. The van der Waals surface area contributed by atoms with E-state index in [2.05, 4.69) is 38.3 Å². The molecular weight excluding hydrogens is 449 g/mol. The lowest BCUT2D eigenvalue weighted by Crippen LogP contribution is -2.48. The summed E-state index contributed by atoms with van der Waals surface area (Å²) in [6, 6.07) is 0.837. The third-order valence-electron chi connectivity index (χ3n) is 5.51. The predicted octanol–water partition coefficient (Wildman–Crippen LogP) is 3.34. The van der Waals surface area contributed by atoms with Gasteiger partial charge in [0.25, 0.3) is 0 Å². The van der Waals surface area contributed by atoms with Gasteiger partial charge in [-0.3, -0.25) is 4.99 Å². The SMILES string of the molecule is CCC(C)NC(=NCC1CCS(=O)(=O)C1)NC1CCC(C)(C)CC1.I. The molecule has 25 heavy (non-hydrogen) atoms. The molecule has 2 unspecified atom stereocenters. The Morgan fingerprint density at radius 1 is 1.24 bits per heavy atom. The zero-order chi connectivity index (χ0) is 17.8. The molecule has 1 saturated carbocycles. The van der Waals surface area contributed by atoms with Crippen molar-refractivity contribution in [1.82, 2.24) is 10.6 Å². The minimum Gasteiger partial charge on any atom is -0.354 e. The first-order valence-corrected chi connectivity index (χ1v) is 11.3. The molecule has 2 rings (SSSR count). The van der Waals surface area contributed by atoms with Gasteiger partial charge in [0.05, 0.1) is 11.5 Å². The van der Waals surface area contributed by atoms with Crippen molar-refractivity contribution >= 4 is 39.8 Å². The summed E-state index contributed by atoms with van der Waals surface area (Å²) in [5.74, 6) is 1.66. The Bertz CT molecular complexity index is 539. The van der Waals surface area contributed by atoms with E-state index < -0.39 is 9.84 Å².